The molecular formula is C70H132O8. The summed E-state index contributed by atoms with van der Waals surface area (Å²) >= 11 is 0. The van der Waals surface area contributed by atoms with Crippen molar-refractivity contribution in [2.75, 3.05) is 19.8 Å². The molecule has 8 nitrogen and oxygen atoms in total. The number of unbranched alkanes of at least 4 members (excludes halogenated alkanes) is 51. The second kappa shape index (κ2) is 58.1. The van der Waals surface area contributed by atoms with Gasteiger partial charge in [0.25, 0.3) is 0 Å². The average Bonchev–Trinajstić information content (AvgIpc) is 3.45. The van der Waals surface area contributed by atoms with Crippen LogP contribution in [-0.2, 0) is 33.4 Å². The zero-order valence-corrected chi connectivity index (χ0v) is 52.3. The van der Waals surface area contributed by atoms with E-state index in [4.69, 9.17) is 14.2 Å². The summed E-state index contributed by atoms with van der Waals surface area (Å²) < 4.78 is 17.3. The SMILES string of the molecule is CCCCCCCCCCCCCCCCCCCCOC(=O)C1CC(C(=O)OCCCCCCCCCCCCCCCCCCCC)C(C(=O)OCCCCCCCCCCCCCCCCCCCC)CC1C(=O)O. The molecule has 0 spiro atoms. The lowest BCUT2D eigenvalue weighted by atomic mass is 9.68. The molecule has 0 aromatic heterocycles. The first-order valence-electron chi connectivity index (χ1n) is 35.1. The summed E-state index contributed by atoms with van der Waals surface area (Å²) in [5, 5.41) is 10.4. The number of carbonyl (C=O) groups is 4. The first-order valence-corrected chi connectivity index (χ1v) is 35.1. The Kier molecular flexibility index (Phi) is 55.0. The average molecular weight is 1100 g/mol. The third-order valence-corrected chi connectivity index (χ3v) is 17.4. The summed E-state index contributed by atoms with van der Waals surface area (Å²) in [6, 6.07) is 0. The molecule has 0 aromatic rings. The number of aliphatic carboxylic acids is 1. The van der Waals surface area contributed by atoms with Crippen molar-refractivity contribution in [2.24, 2.45) is 23.7 Å². The van der Waals surface area contributed by atoms with Crippen molar-refractivity contribution in [3.63, 3.8) is 0 Å². The minimum atomic E-state index is -1.14. The number of carboxylic acid groups (broad SMARTS) is 1. The number of esters is 3. The summed E-state index contributed by atoms with van der Waals surface area (Å²) in [4.78, 5) is 53.8. The number of carboxylic acids is 1. The van der Waals surface area contributed by atoms with Crippen molar-refractivity contribution in [1.29, 1.82) is 0 Å². The molecule has 1 aliphatic carbocycles. The minimum absolute atomic E-state index is 0.0775. The highest BCUT2D eigenvalue weighted by Gasteiger charge is 2.50. The van der Waals surface area contributed by atoms with E-state index in [1.165, 1.54) is 289 Å². The molecule has 1 aliphatic rings. The first kappa shape index (κ1) is 73.9. The smallest absolute Gasteiger partial charge is 0.309 e. The quantitative estimate of drug-likeness (QED) is 0.0364. The van der Waals surface area contributed by atoms with Crippen LogP contribution in [0.25, 0.3) is 0 Å². The molecular weight excluding hydrogens is 969 g/mol. The van der Waals surface area contributed by atoms with Crippen LogP contribution in [0, 0.1) is 23.7 Å². The normalized spacial score (nSPS) is 16.4. The van der Waals surface area contributed by atoms with Gasteiger partial charge < -0.3 is 19.3 Å². The van der Waals surface area contributed by atoms with E-state index in [2.05, 4.69) is 20.8 Å². The van der Waals surface area contributed by atoms with Crippen molar-refractivity contribution in [3.8, 4) is 0 Å². The molecule has 0 amide bonds. The molecule has 0 heterocycles. The van der Waals surface area contributed by atoms with Gasteiger partial charge >= 0.3 is 23.9 Å². The van der Waals surface area contributed by atoms with Crippen LogP contribution in [0.4, 0.5) is 0 Å². The maximum absolute atomic E-state index is 13.8. The molecule has 4 unspecified atom stereocenters. The van der Waals surface area contributed by atoms with Crippen molar-refractivity contribution in [3.05, 3.63) is 0 Å². The molecule has 0 saturated heterocycles. The maximum atomic E-state index is 13.8. The van der Waals surface area contributed by atoms with Crippen LogP contribution in [0.3, 0.4) is 0 Å². The van der Waals surface area contributed by atoms with Crippen molar-refractivity contribution in [1.82, 2.24) is 0 Å². The summed E-state index contributed by atoms with van der Waals surface area (Å²) in [6.07, 6.45) is 68.8. The van der Waals surface area contributed by atoms with E-state index in [0.717, 1.165) is 57.8 Å². The minimum Gasteiger partial charge on any atom is -0.481 e. The third-order valence-electron chi connectivity index (χ3n) is 17.4. The molecule has 0 bridgehead atoms. The predicted molar refractivity (Wildman–Crippen MR) is 330 cm³/mol. The Hall–Kier alpha value is -2.12. The molecule has 4 atom stereocenters. The fourth-order valence-corrected chi connectivity index (χ4v) is 12.1. The summed E-state index contributed by atoms with van der Waals surface area (Å²) in [7, 11) is 0. The Bertz CT molecular complexity index is 1320. The Morgan fingerprint density at radius 2 is 0.385 bits per heavy atom. The van der Waals surface area contributed by atoms with Crippen LogP contribution in [0.15, 0.2) is 0 Å². The van der Waals surface area contributed by atoms with E-state index in [-0.39, 0.29) is 32.7 Å². The molecule has 1 fully saturated rings. The van der Waals surface area contributed by atoms with Crippen molar-refractivity contribution >= 4 is 23.9 Å². The second-order valence-corrected chi connectivity index (χ2v) is 24.8. The van der Waals surface area contributed by atoms with Gasteiger partial charge in [0, 0.05) is 0 Å². The fourth-order valence-electron chi connectivity index (χ4n) is 12.1. The first-order chi connectivity index (χ1) is 38.4. The molecule has 0 radical (unpaired) electrons. The van der Waals surface area contributed by atoms with Crippen molar-refractivity contribution in [2.45, 2.75) is 380 Å². The van der Waals surface area contributed by atoms with Gasteiger partial charge in [0.15, 0.2) is 0 Å². The van der Waals surface area contributed by atoms with Gasteiger partial charge in [-0.3, -0.25) is 19.2 Å². The van der Waals surface area contributed by atoms with Gasteiger partial charge in [0.1, 0.15) is 0 Å². The topological polar surface area (TPSA) is 116 Å². The zero-order valence-electron chi connectivity index (χ0n) is 52.3. The largest absolute Gasteiger partial charge is 0.481 e. The van der Waals surface area contributed by atoms with Gasteiger partial charge in [-0.05, 0) is 32.1 Å². The Morgan fingerprint density at radius 3 is 0.551 bits per heavy atom. The number of hydrogen-bond acceptors (Lipinski definition) is 7. The monoisotopic (exact) mass is 1100 g/mol. The molecule has 78 heavy (non-hydrogen) atoms. The van der Waals surface area contributed by atoms with Crippen LogP contribution in [0.5, 0.6) is 0 Å². The Labute approximate surface area is 484 Å². The van der Waals surface area contributed by atoms with E-state index < -0.39 is 47.5 Å². The van der Waals surface area contributed by atoms with Crippen LogP contribution < -0.4 is 0 Å². The molecule has 0 aromatic carbocycles. The highest BCUT2D eigenvalue weighted by Crippen LogP contribution is 2.41. The van der Waals surface area contributed by atoms with E-state index in [1.54, 1.807) is 0 Å². The van der Waals surface area contributed by atoms with Gasteiger partial charge in [-0.2, -0.15) is 0 Å². The van der Waals surface area contributed by atoms with Crippen LogP contribution in [0.2, 0.25) is 0 Å². The lowest BCUT2D eigenvalue weighted by molar-refractivity contribution is -0.174. The van der Waals surface area contributed by atoms with E-state index >= 15 is 0 Å². The highest BCUT2D eigenvalue weighted by atomic mass is 16.5. The molecule has 0 aliphatic heterocycles. The summed E-state index contributed by atoms with van der Waals surface area (Å²) in [5.74, 6) is -6.84. The Balaban J connectivity index is 2.47. The zero-order chi connectivity index (χ0) is 56.5. The highest BCUT2D eigenvalue weighted by molar-refractivity contribution is 5.87. The van der Waals surface area contributed by atoms with Gasteiger partial charge in [-0.15, -0.1) is 0 Å². The Morgan fingerprint density at radius 1 is 0.244 bits per heavy atom. The molecule has 1 rings (SSSR count). The van der Waals surface area contributed by atoms with E-state index in [1.807, 2.05) is 0 Å². The molecule has 460 valence electrons. The number of hydrogen-bond donors (Lipinski definition) is 1. The van der Waals surface area contributed by atoms with Gasteiger partial charge in [-0.25, -0.2) is 0 Å². The van der Waals surface area contributed by atoms with Crippen LogP contribution >= 0.6 is 0 Å². The summed E-state index contributed by atoms with van der Waals surface area (Å²) in [5.41, 5.74) is 0. The van der Waals surface area contributed by atoms with Crippen molar-refractivity contribution < 1.29 is 38.5 Å². The predicted octanol–water partition coefficient (Wildman–Crippen LogP) is 22.1. The lowest BCUT2D eigenvalue weighted by Crippen LogP contribution is -2.46. The van der Waals surface area contributed by atoms with Gasteiger partial charge in [0.2, 0.25) is 0 Å². The molecule has 8 heteroatoms. The van der Waals surface area contributed by atoms with Gasteiger partial charge in [0.05, 0.1) is 43.5 Å². The van der Waals surface area contributed by atoms with Gasteiger partial charge in [-0.1, -0.05) is 348 Å². The van der Waals surface area contributed by atoms with Crippen LogP contribution in [-0.4, -0.2) is 48.8 Å². The van der Waals surface area contributed by atoms with Crippen LogP contribution in [0.1, 0.15) is 380 Å². The number of carbonyl (C=O) groups excluding carboxylic acids is 3. The van der Waals surface area contributed by atoms with E-state index in [9.17, 15) is 24.3 Å². The number of rotatable bonds is 61. The fraction of sp³-hybridized carbons (Fsp3) is 0.943. The standard InChI is InChI=1S/C70H132O8/c1-4-7-10-13-16-19-22-25-28-31-34-37-40-43-46-49-52-55-58-76-68(73)64-62-66(70(75)78-60-57-54-51-48-45-42-39-36-33-30-27-24-21-18-15-12-9-6-3)65(61-63(64)67(71)72)69(74)77-59-56-53-50-47-44-41-38-35-32-29-26-23-20-17-14-11-8-5-2/h63-66H,4-62H2,1-3H3,(H,71,72). The lowest BCUT2D eigenvalue weighted by Gasteiger charge is -2.36. The number of ether oxygens (including phenoxy) is 3. The molecule has 1 saturated carbocycles. The summed E-state index contributed by atoms with van der Waals surface area (Å²) in [6.45, 7) is 7.57. The second-order valence-electron chi connectivity index (χ2n) is 24.8. The van der Waals surface area contributed by atoms with E-state index in [0.29, 0.717) is 0 Å². The molecule has 1 N–H and O–H groups in total. The third kappa shape index (κ3) is 45.5. The maximum Gasteiger partial charge on any atom is 0.309 e.